The zero-order valence-corrected chi connectivity index (χ0v) is 62.2. The van der Waals surface area contributed by atoms with Crippen LogP contribution in [-0.2, 0) is 98.5 Å². The summed E-state index contributed by atoms with van der Waals surface area (Å²) in [7, 11) is 0. The molecular formula is C69H102N14O26S. The molecular weight excluding hydrogens is 1470 g/mol. The quantitative estimate of drug-likeness (QED) is 0.0281. The lowest BCUT2D eigenvalue weighted by Gasteiger charge is -2.30. The van der Waals surface area contributed by atoms with Crippen molar-refractivity contribution in [3.05, 3.63) is 65.7 Å². The largest absolute Gasteiger partial charge is 0.508 e. The zero-order chi connectivity index (χ0) is 83.1. The molecule has 2 aromatic rings. The minimum atomic E-state index is -2.24. The van der Waals surface area contributed by atoms with Crippen LogP contribution >= 0.6 is 11.8 Å². The summed E-state index contributed by atoms with van der Waals surface area (Å²) in [5, 5.41) is 103. The summed E-state index contributed by atoms with van der Waals surface area (Å²) in [6.45, 7) is 7.35. The van der Waals surface area contributed by atoms with E-state index < -0.39 is 268 Å². The summed E-state index contributed by atoms with van der Waals surface area (Å²) >= 11 is 1.14. The van der Waals surface area contributed by atoms with Crippen LogP contribution in [-0.4, -0.2) is 238 Å². The van der Waals surface area contributed by atoms with Gasteiger partial charge in [-0.25, -0.2) is 4.79 Å². The first-order valence-corrected chi connectivity index (χ1v) is 36.3. The molecule has 0 radical (unpaired) electrons. The van der Waals surface area contributed by atoms with Gasteiger partial charge in [0.25, 0.3) is 0 Å². The van der Waals surface area contributed by atoms with Gasteiger partial charge < -0.3 is 117 Å². The second kappa shape index (κ2) is 49.1. The maximum atomic E-state index is 14.7. The first-order chi connectivity index (χ1) is 51.7. The highest BCUT2D eigenvalue weighted by atomic mass is 32.2. The molecule has 14 atom stereocenters. The van der Waals surface area contributed by atoms with Crippen LogP contribution in [0.1, 0.15) is 142 Å². The van der Waals surface area contributed by atoms with Gasteiger partial charge in [-0.2, -0.15) is 11.8 Å². The third-order valence-corrected chi connectivity index (χ3v) is 18.0. The molecule has 0 fully saturated rings. The van der Waals surface area contributed by atoms with Crippen molar-refractivity contribution in [2.75, 3.05) is 12.3 Å². The Morgan fingerprint density at radius 3 is 1.21 bits per heavy atom. The molecule has 110 heavy (non-hydrogen) atoms. The first-order valence-electron chi connectivity index (χ1n) is 35.2. The molecule has 0 aromatic heterocycles. The van der Waals surface area contributed by atoms with E-state index in [-0.39, 0.29) is 55.9 Å². The van der Waals surface area contributed by atoms with Gasteiger partial charge in [0, 0.05) is 50.0 Å². The maximum absolute atomic E-state index is 14.7. The van der Waals surface area contributed by atoms with Crippen molar-refractivity contribution in [1.82, 2.24) is 58.5 Å². The van der Waals surface area contributed by atoms with E-state index in [9.17, 15) is 122 Å². The Labute approximate surface area is 636 Å². The van der Waals surface area contributed by atoms with E-state index in [0.717, 1.165) is 17.3 Å². The molecule has 0 spiro atoms. The highest BCUT2D eigenvalue weighted by molar-refractivity contribution is 7.98. The average molecular weight is 1580 g/mol. The van der Waals surface area contributed by atoms with Crippen molar-refractivity contribution in [2.24, 2.45) is 29.0 Å². The molecule has 2 rings (SSSR count). The van der Waals surface area contributed by atoms with Crippen molar-refractivity contribution in [1.29, 1.82) is 0 Å². The van der Waals surface area contributed by atoms with E-state index >= 15 is 0 Å². The zero-order valence-electron chi connectivity index (χ0n) is 61.4. The van der Waals surface area contributed by atoms with Gasteiger partial charge in [-0.1, -0.05) is 76.6 Å². The monoisotopic (exact) mass is 1570 g/mol. The number of hydrogen-bond acceptors (Lipinski definition) is 23. The molecule has 41 heteroatoms. The van der Waals surface area contributed by atoms with E-state index in [1.54, 1.807) is 44.2 Å². The number of carbonyl (C=O) groups is 18. The standard InChI is InChI=1S/C69H102N14O26S/c1-6-35(4)57(83-64(103)46(80-66(105)55(72)36(5)84)30-37-15-17-39(85)18-16-37)68(107)81-48(33-110-32-38-12-8-7-9-13-38)65(104)76-44(22-27-52(91)92)62(101)82-56(34(2)3)67(106)77-43(21-26-51(89)90)61(100)79-47(31-54(95)96)63(102)75-41(19-24-49(71)86)59(98)73-40(14-10-11-29-70)58(97)74-42(20-25-50(87)88)60(99)78-45(69(108)109)23-28-53(93)94/h7-9,12-13,15-18,34-36,40-48,55-57,84-85H,6,10-11,14,19-33,70,72H2,1-5H3,(H2,71,86)(H,73,98)(H,74,97)(H,75,102)(H,76,104)(H,77,106)(H,78,99)(H,79,100)(H,80,105)(H,81,107)(H,82,101)(H,83,103)(H,87,88)(H,89,90)(H,91,92)(H,93,94)(H,95,96)(H,108,109)/t35-,36+,40-,41-,42-,43-,44-,45-,46-,47-,48-,55-,56-,57-/m0/s1. The Hall–Kier alpha value is -11.1. The number of primary amides is 1. The number of aliphatic hydroxyl groups is 1. The van der Waals surface area contributed by atoms with Gasteiger partial charge in [0.15, 0.2) is 0 Å². The van der Waals surface area contributed by atoms with Gasteiger partial charge in [0.1, 0.15) is 78.3 Å². The maximum Gasteiger partial charge on any atom is 0.326 e. The Morgan fingerprint density at radius 1 is 0.409 bits per heavy atom. The second-order valence-electron chi connectivity index (χ2n) is 26.2. The summed E-state index contributed by atoms with van der Waals surface area (Å²) in [4.78, 5) is 239. The molecule has 0 heterocycles. The third kappa shape index (κ3) is 36.2. The number of amides is 12. The van der Waals surface area contributed by atoms with Crippen LogP contribution in [0.25, 0.3) is 0 Å². The van der Waals surface area contributed by atoms with Crippen molar-refractivity contribution in [3.8, 4) is 5.75 Å². The van der Waals surface area contributed by atoms with E-state index in [1.807, 2.05) is 5.32 Å². The smallest absolute Gasteiger partial charge is 0.326 e. The lowest BCUT2D eigenvalue weighted by molar-refractivity contribution is -0.144. The van der Waals surface area contributed by atoms with Gasteiger partial charge in [-0.15, -0.1) is 0 Å². The van der Waals surface area contributed by atoms with Gasteiger partial charge in [0.05, 0.1) is 12.5 Å². The van der Waals surface area contributed by atoms with E-state index in [0.29, 0.717) is 5.56 Å². The number of thioether (sulfide) groups is 1. The number of aromatic hydroxyl groups is 1. The highest BCUT2D eigenvalue weighted by Crippen LogP contribution is 2.19. The molecule has 0 saturated heterocycles. The number of nitrogens with two attached hydrogens (primary N) is 3. The molecule has 12 amide bonds. The van der Waals surface area contributed by atoms with E-state index in [1.165, 1.54) is 45.0 Å². The first kappa shape index (κ1) is 95.0. The third-order valence-electron chi connectivity index (χ3n) is 16.9. The lowest BCUT2D eigenvalue weighted by atomic mass is 9.96. The number of aliphatic hydroxyl groups excluding tert-OH is 1. The number of aliphatic carboxylic acids is 6. The van der Waals surface area contributed by atoms with Crippen LogP contribution < -0.4 is 75.7 Å². The number of carboxylic acids is 6. The van der Waals surface area contributed by atoms with Crippen molar-refractivity contribution < 1.29 is 127 Å². The summed E-state index contributed by atoms with van der Waals surface area (Å²) < 4.78 is 0. The summed E-state index contributed by atoms with van der Waals surface area (Å²) in [5.41, 5.74) is 18.1. The van der Waals surface area contributed by atoms with Crippen molar-refractivity contribution in [3.63, 3.8) is 0 Å². The Balaban J connectivity index is 2.60. The molecule has 2 aromatic carbocycles. The number of rotatable bonds is 54. The fourth-order valence-electron chi connectivity index (χ4n) is 10.4. The van der Waals surface area contributed by atoms with Crippen LogP contribution in [0.4, 0.5) is 0 Å². The lowest BCUT2D eigenvalue weighted by Crippen LogP contribution is -2.62. The minimum Gasteiger partial charge on any atom is -0.508 e. The van der Waals surface area contributed by atoms with Crippen LogP contribution in [0.2, 0.25) is 0 Å². The Morgan fingerprint density at radius 2 is 0.782 bits per heavy atom. The predicted molar refractivity (Wildman–Crippen MR) is 388 cm³/mol. The van der Waals surface area contributed by atoms with Crippen molar-refractivity contribution in [2.45, 2.75) is 222 Å². The number of carboxylic acid groups (broad SMARTS) is 6. The van der Waals surface area contributed by atoms with Gasteiger partial charge in [-0.05, 0) is 99.9 Å². The molecule has 0 unspecified atom stereocenters. The van der Waals surface area contributed by atoms with Crippen LogP contribution in [0.3, 0.4) is 0 Å². The number of hydrogen-bond donors (Lipinski definition) is 22. The second-order valence-corrected chi connectivity index (χ2v) is 27.3. The van der Waals surface area contributed by atoms with Gasteiger partial charge in [-0.3, -0.25) is 81.5 Å². The number of phenols is 1. The molecule has 40 nitrogen and oxygen atoms in total. The fourth-order valence-corrected chi connectivity index (χ4v) is 11.4. The number of phenolic OH excluding ortho intramolecular Hbond substituents is 1. The Kier molecular flexibility index (Phi) is 42.4. The van der Waals surface area contributed by atoms with Gasteiger partial charge in [0.2, 0.25) is 70.9 Å². The van der Waals surface area contributed by atoms with E-state index in [4.69, 9.17) is 22.3 Å². The molecule has 0 saturated carbocycles. The number of nitrogens with one attached hydrogen (secondary N) is 11. The number of unbranched alkanes of at least 4 members (excludes halogenated alkanes) is 1. The van der Waals surface area contributed by atoms with Crippen LogP contribution in [0.15, 0.2) is 54.6 Å². The molecule has 0 aliphatic rings. The fraction of sp³-hybridized carbons (Fsp3) is 0.565. The summed E-state index contributed by atoms with van der Waals surface area (Å²) in [5.74, 6) is -25.3. The van der Waals surface area contributed by atoms with Crippen LogP contribution in [0.5, 0.6) is 5.75 Å². The SMILES string of the molecule is CC[C@H](C)[C@H](NC(=O)[C@H](Cc1ccc(O)cc1)NC(=O)[C@@H](N)[C@@H](C)O)C(=O)N[C@@H](CSCc1ccccc1)C(=O)N[C@@H](CCC(=O)O)C(=O)N[C@H](C(=O)N[C@@H](CCC(=O)O)C(=O)N[C@@H](CC(=O)O)C(=O)N[C@@H](CCC(N)=O)C(=O)N[C@@H](CCCCN)C(=O)N[C@@H](CCC(=O)O)C(=O)N[C@@H](CCC(=O)O)C(=O)O)C(C)C. The molecule has 25 N–H and O–H groups in total. The highest BCUT2D eigenvalue weighted by Gasteiger charge is 2.39. The summed E-state index contributed by atoms with van der Waals surface area (Å²) in [6.07, 6.45) is -10.1. The molecule has 610 valence electrons. The molecule has 0 bridgehead atoms. The molecule has 0 aliphatic heterocycles. The summed E-state index contributed by atoms with van der Waals surface area (Å²) in [6, 6.07) is -6.77. The predicted octanol–water partition coefficient (Wildman–Crippen LogP) is -3.98. The number of carbonyl (C=O) groups excluding carboxylic acids is 12. The molecule has 0 aliphatic carbocycles. The Bertz CT molecular complexity index is 3520. The topological polar surface area (TPSA) is 679 Å². The minimum absolute atomic E-state index is 0.0422. The van der Waals surface area contributed by atoms with Crippen LogP contribution in [0, 0.1) is 11.8 Å². The number of benzene rings is 2. The average Bonchev–Trinajstić information content (AvgIpc) is 0.841. The van der Waals surface area contributed by atoms with E-state index in [2.05, 4.69) is 53.2 Å². The normalized spacial score (nSPS) is 14.9. The van der Waals surface area contributed by atoms with Crippen molar-refractivity contribution >= 4 is 118 Å². The van der Waals surface area contributed by atoms with Gasteiger partial charge >= 0.3 is 35.8 Å².